The number of fused-ring (bicyclic) bond motifs is 1. The number of ether oxygens (including phenoxy) is 1. The number of amides is 1. The van der Waals surface area contributed by atoms with E-state index in [4.69, 9.17) is 9.72 Å². The molecule has 0 aliphatic heterocycles. The molecule has 2 aromatic carbocycles. The Bertz CT molecular complexity index is 989. The lowest BCUT2D eigenvalue weighted by atomic mass is 10.1. The van der Waals surface area contributed by atoms with Gasteiger partial charge in [0.05, 0.1) is 17.6 Å². The minimum absolute atomic E-state index is 0.0802. The SMILES string of the molecule is C/C=C/C(=O)NCCc1nc2ccccc2n1CCOc1cccc(C)c1C. The minimum Gasteiger partial charge on any atom is -0.491 e. The Morgan fingerprint density at radius 1 is 1.18 bits per heavy atom. The third-order valence-corrected chi connectivity index (χ3v) is 4.83. The summed E-state index contributed by atoms with van der Waals surface area (Å²) >= 11 is 0. The Morgan fingerprint density at radius 2 is 2.00 bits per heavy atom. The number of hydrogen-bond donors (Lipinski definition) is 1. The zero-order valence-electron chi connectivity index (χ0n) is 16.7. The van der Waals surface area contributed by atoms with E-state index in [-0.39, 0.29) is 5.91 Å². The van der Waals surface area contributed by atoms with E-state index < -0.39 is 0 Å². The average molecular weight is 377 g/mol. The second-order valence-corrected chi connectivity index (χ2v) is 6.76. The van der Waals surface area contributed by atoms with Crippen LogP contribution in [-0.4, -0.2) is 28.6 Å². The average Bonchev–Trinajstić information content (AvgIpc) is 3.03. The fourth-order valence-corrected chi connectivity index (χ4v) is 3.20. The number of carbonyl (C=O) groups is 1. The summed E-state index contributed by atoms with van der Waals surface area (Å²) in [6.45, 7) is 7.80. The zero-order chi connectivity index (χ0) is 19.9. The van der Waals surface area contributed by atoms with E-state index in [1.807, 2.05) is 37.3 Å². The van der Waals surface area contributed by atoms with Crippen molar-refractivity contribution in [1.29, 1.82) is 0 Å². The van der Waals surface area contributed by atoms with Gasteiger partial charge in [0.15, 0.2) is 0 Å². The highest BCUT2D eigenvalue weighted by atomic mass is 16.5. The first-order chi connectivity index (χ1) is 13.6. The summed E-state index contributed by atoms with van der Waals surface area (Å²) in [7, 11) is 0. The standard InChI is InChI=1S/C23H27N3O2/c1-4-8-23(27)24-14-13-22-25-19-10-5-6-11-20(19)26(22)15-16-28-21-12-7-9-17(2)18(21)3/h4-12H,13-16H2,1-3H3,(H,24,27)/b8-4+. The third-order valence-electron chi connectivity index (χ3n) is 4.83. The molecule has 0 saturated heterocycles. The van der Waals surface area contributed by atoms with Crippen LogP contribution in [0.3, 0.4) is 0 Å². The van der Waals surface area contributed by atoms with Gasteiger partial charge in [0.2, 0.25) is 5.91 Å². The van der Waals surface area contributed by atoms with Crippen LogP contribution in [0.4, 0.5) is 0 Å². The number of para-hydroxylation sites is 2. The lowest BCUT2D eigenvalue weighted by Gasteiger charge is -2.13. The van der Waals surface area contributed by atoms with Gasteiger partial charge in [0, 0.05) is 13.0 Å². The van der Waals surface area contributed by atoms with Gasteiger partial charge < -0.3 is 14.6 Å². The second-order valence-electron chi connectivity index (χ2n) is 6.76. The monoisotopic (exact) mass is 377 g/mol. The Labute approximate surface area is 166 Å². The number of carbonyl (C=O) groups excluding carboxylic acids is 1. The number of nitrogens with zero attached hydrogens (tertiary/aromatic N) is 2. The molecule has 0 fully saturated rings. The molecule has 0 atom stereocenters. The molecule has 3 rings (SSSR count). The van der Waals surface area contributed by atoms with Gasteiger partial charge >= 0.3 is 0 Å². The molecule has 5 heteroatoms. The van der Waals surface area contributed by atoms with Gasteiger partial charge in [-0.2, -0.15) is 0 Å². The van der Waals surface area contributed by atoms with Gasteiger partial charge in [-0.1, -0.05) is 30.3 Å². The third kappa shape index (κ3) is 4.60. The van der Waals surface area contributed by atoms with Crippen molar-refractivity contribution in [2.75, 3.05) is 13.2 Å². The first kappa shape index (κ1) is 19.7. The van der Waals surface area contributed by atoms with Crippen LogP contribution in [-0.2, 0) is 17.8 Å². The number of nitrogens with one attached hydrogen (secondary N) is 1. The summed E-state index contributed by atoms with van der Waals surface area (Å²) in [6, 6.07) is 14.2. The van der Waals surface area contributed by atoms with Crippen molar-refractivity contribution in [3.8, 4) is 5.75 Å². The summed E-state index contributed by atoms with van der Waals surface area (Å²) in [5.74, 6) is 1.79. The Morgan fingerprint density at radius 3 is 2.82 bits per heavy atom. The molecular weight excluding hydrogens is 350 g/mol. The van der Waals surface area contributed by atoms with Crippen molar-refractivity contribution in [2.24, 2.45) is 0 Å². The molecule has 1 heterocycles. The van der Waals surface area contributed by atoms with E-state index in [1.165, 1.54) is 17.2 Å². The highest BCUT2D eigenvalue weighted by Crippen LogP contribution is 2.21. The normalized spacial score (nSPS) is 11.2. The molecular formula is C23H27N3O2. The van der Waals surface area contributed by atoms with Gasteiger partial charge in [-0.05, 0) is 56.2 Å². The molecule has 1 amide bonds. The fraction of sp³-hybridized carbons (Fsp3) is 0.304. The number of allylic oxidation sites excluding steroid dienone is 1. The number of hydrogen-bond acceptors (Lipinski definition) is 3. The molecule has 5 nitrogen and oxygen atoms in total. The fourth-order valence-electron chi connectivity index (χ4n) is 3.20. The first-order valence-corrected chi connectivity index (χ1v) is 9.64. The van der Waals surface area contributed by atoms with Crippen LogP contribution in [0.5, 0.6) is 5.75 Å². The van der Waals surface area contributed by atoms with Crippen LogP contribution in [0.1, 0.15) is 23.9 Å². The predicted octanol–water partition coefficient (Wildman–Crippen LogP) is 3.97. The van der Waals surface area contributed by atoms with Gasteiger partial charge in [-0.15, -0.1) is 0 Å². The highest BCUT2D eigenvalue weighted by Gasteiger charge is 2.11. The molecule has 1 N–H and O–H groups in total. The van der Waals surface area contributed by atoms with Gasteiger partial charge in [0.1, 0.15) is 18.2 Å². The lowest BCUT2D eigenvalue weighted by Crippen LogP contribution is -2.24. The summed E-state index contributed by atoms with van der Waals surface area (Å²) < 4.78 is 8.22. The van der Waals surface area contributed by atoms with Crippen LogP contribution in [0.2, 0.25) is 0 Å². The molecule has 0 spiro atoms. The number of aryl methyl sites for hydroxylation is 1. The van der Waals surface area contributed by atoms with Crippen LogP contribution in [0.25, 0.3) is 11.0 Å². The van der Waals surface area contributed by atoms with E-state index in [0.29, 0.717) is 26.1 Å². The Balaban J connectivity index is 1.71. The minimum atomic E-state index is -0.0802. The van der Waals surface area contributed by atoms with Crippen molar-refractivity contribution in [1.82, 2.24) is 14.9 Å². The summed E-state index contributed by atoms with van der Waals surface area (Å²) in [6.07, 6.45) is 3.93. The molecule has 0 saturated carbocycles. The van der Waals surface area contributed by atoms with Crippen LogP contribution < -0.4 is 10.1 Å². The maximum atomic E-state index is 11.6. The molecule has 3 aromatic rings. The molecule has 0 aliphatic carbocycles. The van der Waals surface area contributed by atoms with Crippen molar-refractivity contribution in [3.05, 3.63) is 71.6 Å². The summed E-state index contributed by atoms with van der Waals surface area (Å²) in [5, 5.41) is 2.89. The smallest absolute Gasteiger partial charge is 0.243 e. The largest absolute Gasteiger partial charge is 0.491 e. The van der Waals surface area contributed by atoms with Crippen molar-refractivity contribution >= 4 is 16.9 Å². The Hall–Kier alpha value is -3.08. The molecule has 0 aliphatic rings. The van der Waals surface area contributed by atoms with E-state index >= 15 is 0 Å². The summed E-state index contributed by atoms with van der Waals surface area (Å²) in [4.78, 5) is 16.4. The van der Waals surface area contributed by atoms with Crippen molar-refractivity contribution < 1.29 is 9.53 Å². The maximum absolute atomic E-state index is 11.6. The molecule has 0 unspecified atom stereocenters. The Kier molecular flexibility index (Phi) is 6.48. The molecule has 1 aromatic heterocycles. The molecule has 0 radical (unpaired) electrons. The van der Waals surface area contributed by atoms with Crippen LogP contribution >= 0.6 is 0 Å². The van der Waals surface area contributed by atoms with Gasteiger partial charge in [-0.25, -0.2) is 4.98 Å². The van der Waals surface area contributed by atoms with E-state index in [2.05, 4.69) is 35.9 Å². The topological polar surface area (TPSA) is 56.2 Å². The number of rotatable bonds is 8. The molecule has 0 bridgehead atoms. The zero-order valence-corrected chi connectivity index (χ0v) is 16.7. The van der Waals surface area contributed by atoms with E-state index in [9.17, 15) is 4.79 Å². The second kappa shape index (κ2) is 9.22. The molecule has 28 heavy (non-hydrogen) atoms. The number of aromatic nitrogens is 2. The maximum Gasteiger partial charge on any atom is 0.243 e. The van der Waals surface area contributed by atoms with Crippen molar-refractivity contribution in [2.45, 2.75) is 33.7 Å². The van der Waals surface area contributed by atoms with Gasteiger partial charge in [0.25, 0.3) is 0 Å². The number of imidazole rings is 1. The lowest BCUT2D eigenvalue weighted by molar-refractivity contribution is -0.116. The summed E-state index contributed by atoms with van der Waals surface area (Å²) in [5.41, 5.74) is 4.44. The first-order valence-electron chi connectivity index (χ1n) is 9.64. The van der Waals surface area contributed by atoms with Crippen LogP contribution in [0, 0.1) is 13.8 Å². The van der Waals surface area contributed by atoms with Gasteiger partial charge in [-0.3, -0.25) is 4.79 Å². The van der Waals surface area contributed by atoms with Crippen LogP contribution in [0.15, 0.2) is 54.6 Å². The predicted molar refractivity (Wildman–Crippen MR) is 113 cm³/mol. The van der Waals surface area contributed by atoms with E-state index in [0.717, 1.165) is 22.6 Å². The quantitative estimate of drug-likeness (QED) is 0.605. The van der Waals surface area contributed by atoms with E-state index in [1.54, 1.807) is 6.08 Å². The number of benzene rings is 2. The highest BCUT2D eigenvalue weighted by molar-refractivity contribution is 5.87. The molecule has 146 valence electrons. The van der Waals surface area contributed by atoms with Crippen molar-refractivity contribution in [3.63, 3.8) is 0 Å².